The maximum atomic E-state index is 3.56. The number of hydrogen-bond donors (Lipinski definition) is 1. The third-order valence-corrected chi connectivity index (χ3v) is 6.79. The summed E-state index contributed by atoms with van der Waals surface area (Å²) in [5.41, 5.74) is 7.46. The third kappa shape index (κ3) is 2.73. The van der Waals surface area contributed by atoms with Gasteiger partial charge in [0.1, 0.15) is 0 Å². The van der Waals surface area contributed by atoms with Crippen molar-refractivity contribution in [2.45, 2.75) is 0 Å². The Morgan fingerprint density at radius 3 is 1.45 bits per heavy atom. The highest BCUT2D eigenvalue weighted by Crippen LogP contribution is 2.44. The van der Waals surface area contributed by atoms with E-state index in [9.17, 15) is 0 Å². The maximum absolute atomic E-state index is 3.56. The minimum Gasteiger partial charge on any atom is -0.355 e. The Morgan fingerprint density at radius 1 is 0.333 bits per heavy atom. The van der Waals surface area contributed by atoms with Gasteiger partial charge >= 0.3 is 0 Å². The number of rotatable bonds is 2. The van der Waals surface area contributed by atoms with Gasteiger partial charge in [0.05, 0.1) is 0 Å². The van der Waals surface area contributed by atoms with Crippen LogP contribution in [0, 0.1) is 0 Å². The molecule has 0 aliphatic rings. The van der Waals surface area contributed by atoms with E-state index in [1.54, 1.807) is 0 Å². The molecular formula is C32H21N. The van der Waals surface area contributed by atoms with Crippen LogP contribution >= 0.6 is 0 Å². The summed E-state index contributed by atoms with van der Waals surface area (Å²) in [6, 6.07) is 43.8. The lowest BCUT2D eigenvalue weighted by Gasteiger charge is -2.17. The molecule has 0 saturated carbocycles. The zero-order valence-electron chi connectivity index (χ0n) is 18.0. The van der Waals surface area contributed by atoms with Crippen molar-refractivity contribution in [3.63, 3.8) is 0 Å². The molecule has 0 radical (unpaired) electrons. The van der Waals surface area contributed by atoms with Crippen LogP contribution in [-0.4, -0.2) is 4.98 Å². The monoisotopic (exact) mass is 419 g/mol. The molecule has 1 heteroatoms. The second kappa shape index (κ2) is 7.08. The highest BCUT2D eigenvalue weighted by atomic mass is 14.7. The van der Waals surface area contributed by atoms with Crippen molar-refractivity contribution in [2.75, 3.05) is 0 Å². The van der Waals surface area contributed by atoms with Crippen LogP contribution < -0.4 is 0 Å². The molecule has 0 unspecified atom stereocenters. The third-order valence-electron chi connectivity index (χ3n) is 6.79. The van der Waals surface area contributed by atoms with Crippen LogP contribution in [0.3, 0.4) is 0 Å². The minimum atomic E-state index is 1.18. The van der Waals surface area contributed by atoms with Crippen molar-refractivity contribution in [3.8, 4) is 22.3 Å². The molecule has 1 N–H and O–H groups in total. The fourth-order valence-electron chi connectivity index (χ4n) is 5.36. The molecule has 0 spiro atoms. The zero-order valence-corrected chi connectivity index (χ0v) is 18.0. The molecular weight excluding hydrogens is 398 g/mol. The average Bonchev–Trinajstić information content (AvgIpc) is 3.25. The Morgan fingerprint density at radius 2 is 0.818 bits per heavy atom. The average molecular weight is 420 g/mol. The van der Waals surface area contributed by atoms with Gasteiger partial charge < -0.3 is 4.98 Å². The van der Waals surface area contributed by atoms with Crippen LogP contribution in [0.25, 0.3) is 65.6 Å². The standard InChI is InChI=1S/C32H21N/c1-2-10-21(11-3-1)31-24-13-4-6-15-26(24)32(27-16-7-5-14-25(27)31)22-18-19-30-28(20-22)23-12-8-9-17-29(23)33-30/h1-20,33H. The summed E-state index contributed by atoms with van der Waals surface area (Å²) < 4.78 is 0. The first-order chi connectivity index (χ1) is 16.4. The normalized spacial score (nSPS) is 11.6. The summed E-state index contributed by atoms with van der Waals surface area (Å²) >= 11 is 0. The van der Waals surface area contributed by atoms with Crippen molar-refractivity contribution < 1.29 is 0 Å². The Hall–Kier alpha value is -4.36. The van der Waals surface area contributed by atoms with Crippen molar-refractivity contribution in [1.29, 1.82) is 0 Å². The molecule has 0 fully saturated rings. The summed E-state index contributed by atoms with van der Waals surface area (Å²) in [6.45, 7) is 0. The number of nitrogens with one attached hydrogen (secondary N) is 1. The summed E-state index contributed by atoms with van der Waals surface area (Å²) in [4.78, 5) is 3.56. The zero-order chi connectivity index (χ0) is 21.8. The maximum Gasteiger partial charge on any atom is 0.0465 e. The van der Waals surface area contributed by atoms with E-state index in [1.165, 1.54) is 65.6 Å². The topological polar surface area (TPSA) is 15.8 Å². The SMILES string of the molecule is c1ccc(-c2c3ccccc3c(-c3ccc4[nH]c5ccccc5c4c3)c3ccccc23)cc1. The van der Waals surface area contributed by atoms with Crippen LogP contribution in [0.1, 0.15) is 0 Å². The molecule has 0 aliphatic carbocycles. The van der Waals surface area contributed by atoms with E-state index in [0.29, 0.717) is 0 Å². The predicted molar refractivity (Wildman–Crippen MR) is 142 cm³/mol. The Bertz CT molecular complexity index is 1750. The summed E-state index contributed by atoms with van der Waals surface area (Å²) in [5, 5.41) is 7.68. The van der Waals surface area contributed by atoms with Crippen molar-refractivity contribution in [1.82, 2.24) is 4.98 Å². The fourth-order valence-corrected chi connectivity index (χ4v) is 5.36. The van der Waals surface area contributed by atoms with Crippen LogP contribution in [-0.2, 0) is 0 Å². The second-order valence-corrected chi connectivity index (χ2v) is 8.64. The number of aromatic nitrogens is 1. The molecule has 0 saturated heterocycles. The van der Waals surface area contributed by atoms with Gasteiger partial charge in [0.2, 0.25) is 0 Å². The molecule has 0 aliphatic heterocycles. The lowest BCUT2D eigenvalue weighted by atomic mass is 9.86. The van der Waals surface area contributed by atoms with Crippen LogP contribution in [0.5, 0.6) is 0 Å². The number of hydrogen-bond acceptors (Lipinski definition) is 0. The molecule has 6 aromatic carbocycles. The molecule has 7 rings (SSSR count). The molecule has 1 heterocycles. The number of para-hydroxylation sites is 1. The highest BCUT2D eigenvalue weighted by Gasteiger charge is 2.16. The van der Waals surface area contributed by atoms with Crippen molar-refractivity contribution >= 4 is 43.4 Å². The minimum absolute atomic E-state index is 1.18. The quantitative estimate of drug-likeness (QED) is 0.269. The first-order valence-corrected chi connectivity index (χ1v) is 11.4. The van der Waals surface area contributed by atoms with Crippen LogP contribution in [0.2, 0.25) is 0 Å². The van der Waals surface area contributed by atoms with E-state index in [-0.39, 0.29) is 0 Å². The van der Waals surface area contributed by atoms with Gasteiger partial charge in [0, 0.05) is 21.8 Å². The number of H-pyrrole nitrogens is 1. The van der Waals surface area contributed by atoms with E-state index in [4.69, 9.17) is 0 Å². The molecule has 0 amide bonds. The van der Waals surface area contributed by atoms with Gasteiger partial charge in [0.15, 0.2) is 0 Å². The van der Waals surface area contributed by atoms with E-state index < -0.39 is 0 Å². The fraction of sp³-hybridized carbons (Fsp3) is 0. The first kappa shape index (κ1) is 18.2. The molecule has 1 aromatic heterocycles. The largest absolute Gasteiger partial charge is 0.355 e. The molecule has 33 heavy (non-hydrogen) atoms. The molecule has 0 atom stereocenters. The number of aromatic amines is 1. The van der Waals surface area contributed by atoms with Gasteiger partial charge in [-0.15, -0.1) is 0 Å². The van der Waals surface area contributed by atoms with Crippen LogP contribution in [0.15, 0.2) is 121 Å². The predicted octanol–water partition coefficient (Wildman–Crippen LogP) is 8.96. The van der Waals surface area contributed by atoms with E-state index >= 15 is 0 Å². The molecule has 0 bridgehead atoms. The van der Waals surface area contributed by atoms with E-state index in [0.717, 1.165) is 0 Å². The molecule has 154 valence electrons. The van der Waals surface area contributed by atoms with E-state index in [2.05, 4.69) is 126 Å². The lowest BCUT2D eigenvalue weighted by molar-refractivity contribution is 1.55. The van der Waals surface area contributed by atoms with Gasteiger partial charge in [-0.05, 0) is 62.0 Å². The first-order valence-electron chi connectivity index (χ1n) is 11.4. The second-order valence-electron chi connectivity index (χ2n) is 8.64. The summed E-state index contributed by atoms with van der Waals surface area (Å²) in [6.07, 6.45) is 0. The van der Waals surface area contributed by atoms with Gasteiger partial charge in [-0.1, -0.05) is 103 Å². The van der Waals surface area contributed by atoms with Crippen molar-refractivity contribution in [2.24, 2.45) is 0 Å². The number of fused-ring (bicyclic) bond motifs is 5. The van der Waals surface area contributed by atoms with Gasteiger partial charge in [-0.25, -0.2) is 0 Å². The van der Waals surface area contributed by atoms with Gasteiger partial charge in [-0.2, -0.15) is 0 Å². The summed E-state index contributed by atoms with van der Waals surface area (Å²) in [7, 11) is 0. The van der Waals surface area contributed by atoms with Gasteiger partial charge in [-0.3, -0.25) is 0 Å². The Labute approximate surface area is 191 Å². The van der Waals surface area contributed by atoms with Gasteiger partial charge in [0.25, 0.3) is 0 Å². The molecule has 1 nitrogen and oxygen atoms in total. The van der Waals surface area contributed by atoms with Crippen LogP contribution in [0.4, 0.5) is 0 Å². The van der Waals surface area contributed by atoms with Crippen molar-refractivity contribution in [3.05, 3.63) is 121 Å². The molecule has 7 aromatic rings. The highest BCUT2D eigenvalue weighted by molar-refractivity contribution is 6.22. The lowest BCUT2D eigenvalue weighted by Crippen LogP contribution is -1.90. The number of benzene rings is 6. The van der Waals surface area contributed by atoms with E-state index in [1.807, 2.05) is 0 Å². The Kier molecular flexibility index (Phi) is 3.91. The smallest absolute Gasteiger partial charge is 0.0465 e. The summed E-state index contributed by atoms with van der Waals surface area (Å²) in [5.74, 6) is 0. The Balaban J connectivity index is 1.63.